The highest BCUT2D eigenvalue weighted by Gasteiger charge is 2.28. The van der Waals surface area contributed by atoms with E-state index in [1.54, 1.807) is 6.07 Å². The van der Waals surface area contributed by atoms with E-state index in [0.29, 0.717) is 17.0 Å². The molecule has 1 aromatic heterocycles. The highest BCUT2D eigenvalue weighted by atomic mass is 32.2. The van der Waals surface area contributed by atoms with E-state index in [2.05, 4.69) is 5.32 Å². The molecule has 4 nitrogen and oxygen atoms in total. The van der Waals surface area contributed by atoms with Crippen molar-refractivity contribution in [3.63, 3.8) is 0 Å². The molecule has 5 heteroatoms. The summed E-state index contributed by atoms with van der Waals surface area (Å²) in [5.74, 6) is 1.25. The maximum Gasteiger partial charge on any atom is 0.268 e. The third-order valence-corrected chi connectivity index (χ3v) is 4.96. The number of rotatable bonds is 4. The standard InChI is InChI=1S/C13H19N3OS/c14-9-6-12(16(8-9)10-3-4-10)13(17)15-7-11-2-1-5-18-11/h6,8,10-11H,1-5,7,14H2,(H,15,17). The summed E-state index contributed by atoms with van der Waals surface area (Å²) in [5.41, 5.74) is 7.20. The third-order valence-electron chi connectivity index (χ3n) is 3.56. The molecule has 3 N–H and O–H groups in total. The highest BCUT2D eigenvalue weighted by molar-refractivity contribution is 8.00. The first-order valence-corrected chi connectivity index (χ1v) is 7.66. The maximum atomic E-state index is 12.2. The number of nitrogen functional groups attached to an aromatic ring is 1. The summed E-state index contributed by atoms with van der Waals surface area (Å²) >= 11 is 1.96. The fraction of sp³-hybridized carbons (Fsp3) is 0.615. The van der Waals surface area contributed by atoms with E-state index in [9.17, 15) is 4.79 Å². The number of nitrogens with zero attached hydrogens (tertiary/aromatic N) is 1. The molecule has 2 aliphatic rings. The molecule has 1 aliphatic carbocycles. The monoisotopic (exact) mass is 265 g/mol. The summed E-state index contributed by atoms with van der Waals surface area (Å²) in [7, 11) is 0. The highest BCUT2D eigenvalue weighted by Crippen LogP contribution is 2.37. The number of aromatic nitrogens is 1. The number of carbonyl (C=O) groups excluding carboxylic acids is 1. The third kappa shape index (κ3) is 2.51. The van der Waals surface area contributed by atoms with Gasteiger partial charge in [0.2, 0.25) is 0 Å². The second kappa shape index (κ2) is 4.88. The molecule has 1 saturated carbocycles. The molecule has 3 rings (SSSR count). The summed E-state index contributed by atoms with van der Waals surface area (Å²) < 4.78 is 2.03. The van der Waals surface area contributed by atoms with Gasteiger partial charge in [-0.25, -0.2) is 0 Å². The van der Waals surface area contributed by atoms with Gasteiger partial charge in [0.15, 0.2) is 0 Å². The lowest BCUT2D eigenvalue weighted by Crippen LogP contribution is -2.31. The summed E-state index contributed by atoms with van der Waals surface area (Å²) in [6, 6.07) is 2.28. The predicted molar refractivity (Wildman–Crippen MR) is 74.9 cm³/mol. The Balaban J connectivity index is 1.64. The Hall–Kier alpha value is -1.10. The fourth-order valence-electron chi connectivity index (χ4n) is 2.44. The van der Waals surface area contributed by atoms with E-state index < -0.39 is 0 Å². The van der Waals surface area contributed by atoms with Crippen LogP contribution in [-0.4, -0.2) is 28.0 Å². The van der Waals surface area contributed by atoms with E-state index in [-0.39, 0.29) is 5.91 Å². The number of carbonyl (C=O) groups is 1. The van der Waals surface area contributed by atoms with Crippen LogP contribution in [-0.2, 0) is 0 Å². The molecule has 0 bridgehead atoms. The molecule has 0 spiro atoms. The number of nitrogens with two attached hydrogens (primary N) is 1. The number of nitrogens with one attached hydrogen (secondary N) is 1. The largest absolute Gasteiger partial charge is 0.397 e. The van der Waals surface area contributed by atoms with Crippen LogP contribution in [0.25, 0.3) is 0 Å². The molecule has 98 valence electrons. The van der Waals surface area contributed by atoms with Crippen LogP contribution in [0.2, 0.25) is 0 Å². The summed E-state index contributed by atoms with van der Waals surface area (Å²) in [4.78, 5) is 12.2. The molecule has 1 aromatic rings. The number of hydrogen-bond donors (Lipinski definition) is 2. The first kappa shape index (κ1) is 12.0. The Labute approximate surface area is 111 Å². The zero-order valence-corrected chi connectivity index (χ0v) is 11.2. The van der Waals surface area contributed by atoms with Crippen molar-refractivity contribution in [3.8, 4) is 0 Å². The number of hydrogen-bond acceptors (Lipinski definition) is 3. The number of anilines is 1. The second-order valence-corrected chi connectivity index (χ2v) is 6.55. The second-order valence-electron chi connectivity index (χ2n) is 5.14. The molecular formula is C13H19N3OS. The Kier molecular flexibility index (Phi) is 3.24. The normalized spacial score (nSPS) is 23.2. The Morgan fingerprint density at radius 2 is 2.33 bits per heavy atom. The molecule has 2 heterocycles. The van der Waals surface area contributed by atoms with E-state index >= 15 is 0 Å². The van der Waals surface area contributed by atoms with Crippen LogP contribution in [0.15, 0.2) is 12.3 Å². The van der Waals surface area contributed by atoms with Gasteiger partial charge < -0.3 is 15.6 Å². The van der Waals surface area contributed by atoms with Gasteiger partial charge in [-0.2, -0.15) is 11.8 Å². The van der Waals surface area contributed by atoms with Crippen molar-refractivity contribution in [1.82, 2.24) is 9.88 Å². The number of thioether (sulfide) groups is 1. The topological polar surface area (TPSA) is 60.1 Å². The number of amides is 1. The smallest absolute Gasteiger partial charge is 0.268 e. The van der Waals surface area contributed by atoms with Crippen molar-refractivity contribution in [1.29, 1.82) is 0 Å². The molecule has 2 fully saturated rings. The molecule has 0 aromatic carbocycles. The molecular weight excluding hydrogens is 246 g/mol. The Morgan fingerprint density at radius 1 is 1.50 bits per heavy atom. The van der Waals surface area contributed by atoms with Gasteiger partial charge in [-0.1, -0.05) is 0 Å². The first-order chi connectivity index (χ1) is 8.74. The maximum absolute atomic E-state index is 12.2. The minimum absolute atomic E-state index is 0.0195. The molecule has 1 unspecified atom stereocenters. The first-order valence-electron chi connectivity index (χ1n) is 6.61. The summed E-state index contributed by atoms with van der Waals surface area (Å²) in [5, 5.41) is 3.63. The Morgan fingerprint density at radius 3 is 3.00 bits per heavy atom. The van der Waals surface area contributed by atoms with Gasteiger partial charge in [0.1, 0.15) is 5.69 Å². The van der Waals surface area contributed by atoms with E-state index in [0.717, 1.165) is 25.1 Å². The molecule has 1 amide bonds. The Bertz CT molecular complexity index is 447. The molecule has 18 heavy (non-hydrogen) atoms. The lowest BCUT2D eigenvalue weighted by atomic mass is 10.2. The van der Waals surface area contributed by atoms with Gasteiger partial charge in [0.25, 0.3) is 5.91 Å². The predicted octanol–water partition coefficient (Wildman–Crippen LogP) is 2.03. The van der Waals surface area contributed by atoms with Gasteiger partial charge in [-0.05, 0) is 37.5 Å². The molecule has 1 aliphatic heterocycles. The van der Waals surface area contributed by atoms with Crippen LogP contribution < -0.4 is 11.1 Å². The van der Waals surface area contributed by atoms with Crippen molar-refractivity contribution < 1.29 is 4.79 Å². The molecule has 0 radical (unpaired) electrons. The van der Waals surface area contributed by atoms with Crippen LogP contribution in [0.5, 0.6) is 0 Å². The fourth-order valence-corrected chi connectivity index (χ4v) is 3.64. The quantitative estimate of drug-likeness (QED) is 0.875. The van der Waals surface area contributed by atoms with Crippen molar-refractivity contribution in [2.24, 2.45) is 0 Å². The van der Waals surface area contributed by atoms with Gasteiger partial charge in [0, 0.05) is 24.0 Å². The van der Waals surface area contributed by atoms with Crippen LogP contribution in [0.4, 0.5) is 5.69 Å². The molecule has 1 saturated heterocycles. The minimum Gasteiger partial charge on any atom is -0.397 e. The zero-order valence-electron chi connectivity index (χ0n) is 10.4. The van der Waals surface area contributed by atoms with Crippen molar-refractivity contribution >= 4 is 23.4 Å². The zero-order chi connectivity index (χ0) is 12.5. The van der Waals surface area contributed by atoms with Crippen LogP contribution in [0.1, 0.15) is 42.2 Å². The van der Waals surface area contributed by atoms with Gasteiger partial charge in [0.05, 0.1) is 5.69 Å². The lowest BCUT2D eigenvalue weighted by Gasteiger charge is -2.11. The van der Waals surface area contributed by atoms with Crippen LogP contribution >= 0.6 is 11.8 Å². The summed E-state index contributed by atoms with van der Waals surface area (Å²) in [6.45, 7) is 0.777. The van der Waals surface area contributed by atoms with Crippen molar-refractivity contribution in [2.45, 2.75) is 37.0 Å². The average molecular weight is 265 g/mol. The van der Waals surface area contributed by atoms with Crippen molar-refractivity contribution in [3.05, 3.63) is 18.0 Å². The van der Waals surface area contributed by atoms with E-state index in [4.69, 9.17) is 5.73 Å². The van der Waals surface area contributed by atoms with Gasteiger partial charge in [-0.3, -0.25) is 4.79 Å². The van der Waals surface area contributed by atoms with Crippen LogP contribution in [0, 0.1) is 0 Å². The van der Waals surface area contributed by atoms with Crippen LogP contribution in [0.3, 0.4) is 0 Å². The van der Waals surface area contributed by atoms with Gasteiger partial charge >= 0.3 is 0 Å². The van der Waals surface area contributed by atoms with Crippen molar-refractivity contribution in [2.75, 3.05) is 18.0 Å². The minimum atomic E-state index is 0.0195. The van der Waals surface area contributed by atoms with Gasteiger partial charge in [-0.15, -0.1) is 0 Å². The van der Waals surface area contributed by atoms with E-state index in [1.165, 1.54) is 18.6 Å². The van der Waals surface area contributed by atoms with E-state index in [1.807, 2.05) is 22.5 Å². The summed E-state index contributed by atoms with van der Waals surface area (Å²) in [6.07, 6.45) is 6.70. The lowest BCUT2D eigenvalue weighted by molar-refractivity contribution is 0.0944. The SMILES string of the molecule is Nc1cc(C(=O)NCC2CCCS2)n(C2CC2)c1. The average Bonchev–Trinajstić information content (AvgIpc) is 2.92. The molecule has 1 atom stereocenters.